The lowest BCUT2D eigenvalue weighted by molar-refractivity contribution is 0.373. The van der Waals surface area contributed by atoms with Crippen LogP contribution < -0.4 is 4.74 Å². The SMILES string of the molecule is COc1cc(C(c2ccc(O)cc2)c2ccc(O)cc2)ccc1O. The summed E-state index contributed by atoms with van der Waals surface area (Å²) in [6, 6.07) is 19.2. The number of methoxy groups -OCH3 is 1. The Balaban J connectivity index is 2.14. The van der Waals surface area contributed by atoms with Crippen molar-refractivity contribution >= 4 is 0 Å². The molecule has 4 nitrogen and oxygen atoms in total. The van der Waals surface area contributed by atoms with E-state index in [0.29, 0.717) is 5.75 Å². The monoisotopic (exact) mass is 322 g/mol. The van der Waals surface area contributed by atoms with Gasteiger partial charge in [-0.05, 0) is 53.1 Å². The van der Waals surface area contributed by atoms with Gasteiger partial charge in [0.25, 0.3) is 0 Å². The Morgan fingerprint density at radius 2 is 1.12 bits per heavy atom. The Labute approximate surface area is 140 Å². The lowest BCUT2D eigenvalue weighted by Gasteiger charge is -2.20. The Kier molecular flexibility index (Phi) is 4.29. The summed E-state index contributed by atoms with van der Waals surface area (Å²) in [5.41, 5.74) is 2.89. The van der Waals surface area contributed by atoms with Crippen LogP contribution in [0.25, 0.3) is 0 Å². The van der Waals surface area contributed by atoms with Crippen LogP contribution in [0.4, 0.5) is 0 Å². The lowest BCUT2D eigenvalue weighted by Crippen LogP contribution is -2.03. The molecule has 0 aliphatic heterocycles. The van der Waals surface area contributed by atoms with Crippen molar-refractivity contribution in [1.82, 2.24) is 0 Å². The second-order valence-electron chi connectivity index (χ2n) is 5.55. The molecule has 0 unspecified atom stereocenters. The first kappa shape index (κ1) is 15.7. The molecule has 0 saturated heterocycles. The van der Waals surface area contributed by atoms with E-state index in [0.717, 1.165) is 16.7 Å². The van der Waals surface area contributed by atoms with Gasteiger partial charge in [0.05, 0.1) is 7.11 Å². The minimum atomic E-state index is -0.124. The fourth-order valence-corrected chi connectivity index (χ4v) is 2.78. The first-order chi connectivity index (χ1) is 11.6. The van der Waals surface area contributed by atoms with Crippen molar-refractivity contribution in [3.8, 4) is 23.0 Å². The average molecular weight is 322 g/mol. The molecule has 0 aliphatic rings. The molecular formula is C20H18O4. The quantitative estimate of drug-likeness (QED) is 0.635. The molecule has 0 fully saturated rings. The maximum Gasteiger partial charge on any atom is 0.160 e. The maximum absolute atomic E-state index is 9.84. The number of benzene rings is 3. The number of rotatable bonds is 4. The zero-order chi connectivity index (χ0) is 17.1. The minimum Gasteiger partial charge on any atom is -0.508 e. The van der Waals surface area contributed by atoms with Gasteiger partial charge in [-0.3, -0.25) is 0 Å². The molecule has 4 heteroatoms. The highest BCUT2D eigenvalue weighted by Gasteiger charge is 2.18. The zero-order valence-electron chi connectivity index (χ0n) is 13.2. The normalized spacial score (nSPS) is 10.8. The molecule has 3 aromatic carbocycles. The van der Waals surface area contributed by atoms with Crippen LogP contribution in [0.2, 0.25) is 0 Å². The summed E-state index contributed by atoms with van der Waals surface area (Å²) in [5, 5.41) is 28.9. The van der Waals surface area contributed by atoms with Crippen molar-refractivity contribution in [3.63, 3.8) is 0 Å². The summed E-state index contributed by atoms with van der Waals surface area (Å²) in [6.07, 6.45) is 0. The molecule has 0 saturated carbocycles. The van der Waals surface area contributed by atoms with E-state index in [1.165, 1.54) is 7.11 Å². The van der Waals surface area contributed by atoms with Gasteiger partial charge in [-0.1, -0.05) is 30.3 Å². The second-order valence-corrected chi connectivity index (χ2v) is 5.55. The fourth-order valence-electron chi connectivity index (χ4n) is 2.78. The Hall–Kier alpha value is -3.14. The standard InChI is InChI=1S/C20H18O4/c1-24-19-12-15(6-11-18(19)23)20(13-2-7-16(21)8-3-13)14-4-9-17(22)10-5-14/h2-12,20-23H,1H3. The summed E-state index contributed by atoms with van der Waals surface area (Å²) in [4.78, 5) is 0. The third-order valence-corrected chi connectivity index (χ3v) is 3.99. The average Bonchev–Trinajstić information content (AvgIpc) is 2.60. The van der Waals surface area contributed by atoms with E-state index in [-0.39, 0.29) is 23.2 Å². The van der Waals surface area contributed by atoms with E-state index in [1.807, 2.05) is 30.3 Å². The van der Waals surface area contributed by atoms with E-state index in [4.69, 9.17) is 4.74 Å². The summed E-state index contributed by atoms with van der Waals surface area (Å²) >= 11 is 0. The van der Waals surface area contributed by atoms with Crippen molar-refractivity contribution < 1.29 is 20.1 Å². The zero-order valence-corrected chi connectivity index (χ0v) is 13.2. The van der Waals surface area contributed by atoms with Crippen LogP contribution in [-0.4, -0.2) is 22.4 Å². The number of phenols is 3. The van der Waals surface area contributed by atoms with Gasteiger partial charge in [-0.2, -0.15) is 0 Å². The van der Waals surface area contributed by atoms with Crippen molar-refractivity contribution in [2.75, 3.05) is 7.11 Å². The Bertz CT molecular complexity index is 778. The van der Waals surface area contributed by atoms with Gasteiger partial charge in [0.1, 0.15) is 11.5 Å². The molecule has 24 heavy (non-hydrogen) atoms. The van der Waals surface area contributed by atoms with Gasteiger partial charge in [-0.25, -0.2) is 0 Å². The van der Waals surface area contributed by atoms with Gasteiger partial charge >= 0.3 is 0 Å². The molecule has 0 heterocycles. The topological polar surface area (TPSA) is 69.9 Å². The first-order valence-corrected chi connectivity index (χ1v) is 7.53. The summed E-state index contributed by atoms with van der Waals surface area (Å²) in [5.74, 6) is 0.755. The molecular weight excluding hydrogens is 304 g/mol. The smallest absolute Gasteiger partial charge is 0.160 e. The highest BCUT2D eigenvalue weighted by Crippen LogP contribution is 2.37. The molecule has 0 radical (unpaired) electrons. The van der Waals surface area contributed by atoms with Crippen LogP contribution in [0.15, 0.2) is 66.7 Å². The highest BCUT2D eigenvalue weighted by molar-refractivity contribution is 5.50. The van der Waals surface area contributed by atoms with Gasteiger partial charge in [0, 0.05) is 5.92 Å². The first-order valence-electron chi connectivity index (χ1n) is 7.53. The molecule has 0 amide bonds. The number of ether oxygens (including phenoxy) is 1. The van der Waals surface area contributed by atoms with E-state index in [1.54, 1.807) is 36.4 Å². The third-order valence-electron chi connectivity index (χ3n) is 3.99. The maximum atomic E-state index is 9.84. The Morgan fingerprint density at radius 1 is 0.667 bits per heavy atom. The van der Waals surface area contributed by atoms with E-state index in [9.17, 15) is 15.3 Å². The van der Waals surface area contributed by atoms with Crippen molar-refractivity contribution in [2.24, 2.45) is 0 Å². The molecule has 0 aromatic heterocycles. The van der Waals surface area contributed by atoms with Gasteiger partial charge < -0.3 is 20.1 Å². The van der Waals surface area contributed by atoms with E-state index < -0.39 is 0 Å². The van der Waals surface area contributed by atoms with Gasteiger partial charge in [0.15, 0.2) is 11.5 Å². The van der Waals surface area contributed by atoms with Crippen LogP contribution in [0.3, 0.4) is 0 Å². The van der Waals surface area contributed by atoms with E-state index >= 15 is 0 Å². The van der Waals surface area contributed by atoms with Crippen molar-refractivity contribution in [1.29, 1.82) is 0 Å². The minimum absolute atomic E-state index is 0.0800. The molecule has 122 valence electrons. The van der Waals surface area contributed by atoms with Crippen LogP contribution in [0.1, 0.15) is 22.6 Å². The summed E-state index contributed by atoms with van der Waals surface area (Å²) < 4.78 is 5.22. The second kappa shape index (κ2) is 6.54. The van der Waals surface area contributed by atoms with Gasteiger partial charge in [0.2, 0.25) is 0 Å². The fraction of sp³-hybridized carbons (Fsp3) is 0.100. The molecule has 3 rings (SSSR count). The molecule has 3 aromatic rings. The Morgan fingerprint density at radius 3 is 1.58 bits per heavy atom. The van der Waals surface area contributed by atoms with Crippen LogP contribution >= 0.6 is 0 Å². The summed E-state index contributed by atoms with van der Waals surface area (Å²) in [6.45, 7) is 0. The third kappa shape index (κ3) is 3.13. The van der Waals surface area contributed by atoms with Crippen molar-refractivity contribution in [3.05, 3.63) is 83.4 Å². The number of aromatic hydroxyl groups is 3. The largest absolute Gasteiger partial charge is 0.508 e. The van der Waals surface area contributed by atoms with Crippen molar-refractivity contribution in [2.45, 2.75) is 5.92 Å². The van der Waals surface area contributed by atoms with Crippen LogP contribution in [0, 0.1) is 0 Å². The van der Waals surface area contributed by atoms with Crippen LogP contribution in [-0.2, 0) is 0 Å². The summed E-state index contributed by atoms with van der Waals surface area (Å²) in [7, 11) is 1.51. The molecule has 0 spiro atoms. The van der Waals surface area contributed by atoms with E-state index in [2.05, 4.69) is 0 Å². The predicted molar refractivity (Wildman–Crippen MR) is 91.8 cm³/mol. The number of hydrogen-bond acceptors (Lipinski definition) is 4. The van der Waals surface area contributed by atoms with Crippen LogP contribution in [0.5, 0.6) is 23.0 Å². The lowest BCUT2D eigenvalue weighted by atomic mass is 9.85. The highest BCUT2D eigenvalue weighted by atomic mass is 16.5. The molecule has 0 bridgehead atoms. The molecule has 0 atom stereocenters. The van der Waals surface area contributed by atoms with Gasteiger partial charge in [-0.15, -0.1) is 0 Å². The molecule has 0 aliphatic carbocycles. The predicted octanol–water partition coefficient (Wildman–Crippen LogP) is 3.99. The molecule has 3 N–H and O–H groups in total. The number of phenolic OH excluding ortho intramolecular Hbond substituents is 3. The number of hydrogen-bond donors (Lipinski definition) is 3.